The van der Waals surface area contributed by atoms with E-state index in [1.165, 1.54) is 15.9 Å². The molecule has 4 aliphatic rings. The number of aryl methyl sites for hydroxylation is 2. The Morgan fingerprint density at radius 2 is 2.06 bits per heavy atom. The Balaban J connectivity index is 1.31. The Kier molecular flexibility index (Phi) is 7.17. The largest absolute Gasteiger partial charge is 0.458 e. The van der Waals surface area contributed by atoms with Gasteiger partial charge in [-0.05, 0) is 64.0 Å². The van der Waals surface area contributed by atoms with Crippen molar-refractivity contribution in [3.63, 3.8) is 0 Å². The molecule has 2 aliphatic carbocycles. The number of terminal acetylenes is 1. The van der Waals surface area contributed by atoms with E-state index < -0.39 is 17.7 Å². The van der Waals surface area contributed by atoms with Crippen LogP contribution in [0.5, 0.6) is 5.88 Å². The monoisotopic (exact) mass is 658 g/mol. The van der Waals surface area contributed by atoms with Gasteiger partial charge in [0.2, 0.25) is 17.5 Å². The highest BCUT2D eigenvalue weighted by molar-refractivity contribution is 7.16. The SMILES string of the molecule is C#C[C@H](Oc1nc(-c2onc3c2CCC[C@@]32CCCc3sc(N)c(C#N)c32)nc2c1n(C)c(=O)n2[C@@H]1CCOC1)[C@@H]1C[C@@H](F)CN1C. The number of aromatic nitrogens is 5. The number of anilines is 1. The minimum absolute atomic E-state index is 0.119. The molecule has 2 N–H and O–H groups in total. The number of rotatable bonds is 5. The van der Waals surface area contributed by atoms with Gasteiger partial charge in [-0.15, -0.1) is 17.8 Å². The lowest BCUT2D eigenvalue weighted by Crippen LogP contribution is -2.39. The Morgan fingerprint density at radius 1 is 1.26 bits per heavy atom. The summed E-state index contributed by atoms with van der Waals surface area (Å²) in [5, 5.41) is 15.3. The first kappa shape index (κ1) is 30.1. The molecule has 0 amide bonds. The van der Waals surface area contributed by atoms with E-state index in [1.807, 2.05) is 11.9 Å². The zero-order chi connectivity index (χ0) is 32.6. The molecule has 6 heterocycles. The summed E-state index contributed by atoms with van der Waals surface area (Å²) in [6, 6.07) is 1.76. The molecule has 2 saturated heterocycles. The van der Waals surface area contributed by atoms with Crippen LogP contribution in [0.15, 0.2) is 9.32 Å². The Labute approximate surface area is 274 Å². The third kappa shape index (κ3) is 4.45. The lowest BCUT2D eigenvalue weighted by Gasteiger charge is -2.39. The second-order valence-electron chi connectivity index (χ2n) is 13.2. The zero-order valence-corrected chi connectivity index (χ0v) is 27.1. The maximum absolute atomic E-state index is 14.4. The minimum atomic E-state index is -1.02. The highest BCUT2D eigenvalue weighted by Gasteiger charge is 2.48. The van der Waals surface area contributed by atoms with Gasteiger partial charge in [-0.25, -0.2) is 14.2 Å². The topological polar surface area (TPSA) is 150 Å². The average Bonchev–Trinajstić information content (AvgIpc) is 3.88. The van der Waals surface area contributed by atoms with Crippen LogP contribution in [0.25, 0.3) is 22.7 Å². The van der Waals surface area contributed by atoms with Crippen LogP contribution in [0.2, 0.25) is 0 Å². The fourth-order valence-electron chi connectivity index (χ4n) is 8.37. The summed E-state index contributed by atoms with van der Waals surface area (Å²) in [5.41, 5.74) is 9.52. The standard InChI is InChI=1S/C33H35FN8O4S/c1-4-22(21-13-17(34)15-40(21)2)45-31-25-30(42(32(43)41(25)3)18-9-12-44-16-18)37-29(38-31)26-19-7-5-10-33(27(19)39-46-26)11-6-8-23-24(33)20(14-35)28(36)47-23/h1,17-18,21-22H,5-13,15-16,36H2,2-3H3/t17-,18-,21+,22+,33+/m1/s1. The highest BCUT2D eigenvalue weighted by atomic mass is 32.1. The molecular weight excluding hydrogens is 623 g/mol. The van der Waals surface area contributed by atoms with Crippen molar-refractivity contribution in [2.45, 2.75) is 81.1 Å². The number of nitrogens with two attached hydrogens (primary N) is 1. The average molecular weight is 659 g/mol. The molecule has 4 aromatic rings. The molecular formula is C33H35FN8O4S. The molecule has 4 aromatic heterocycles. The third-order valence-corrected chi connectivity index (χ3v) is 11.6. The molecule has 0 aromatic carbocycles. The Bertz CT molecular complexity index is 2040. The molecule has 1 spiro atoms. The first-order chi connectivity index (χ1) is 22.8. The quantitative estimate of drug-likeness (QED) is 0.315. The lowest BCUT2D eigenvalue weighted by atomic mass is 9.62. The van der Waals surface area contributed by atoms with Crippen LogP contribution < -0.4 is 16.2 Å². The van der Waals surface area contributed by atoms with Crippen molar-refractivity contribution in [2.24, 2.45) is 7.05 Å². The molecule has 5 atom stereocenters. The first-order valence-electron chi connectivity index (χ1n) is 16.1. The van der Waals surface area contributed by atoms with E-state index in [2.05, 4.69) is 17.1 Å². The zero-order valence-electron chi connectivity index (χ0n) is 26.3. The maximum atomic E-state index is 14.4. The van der Waals surface area contributed by atoms with Crippen molar-refractivity contribution < 1.29 is 18.4 Å². The summed E-state index contributed by atoms with van der Waals surface area (Å²) < 4.78 is 35.8. The van der Waals surface area contributed by atoms with Crippen LogP contribution in [-0.4, -0.2) is 74.3 Å². The van der Waals surface area contributed by atoms with Crippen LogP contribution in [0.3, 0.4) is 0 Å². The number of nitriles is 1. The van der Waals surface area contributed by atoms with Crippen molar-refractivity contribution in [1.29, 1.82) is 5.26 Å². The van der Waals surface area contributed by atoms with Crippen molar-refractivity contribution in [3.05, 3.63) is 37.7 Å². The molecule has 0 unspecified atom stereocenters. The fourth-order valence-corrected chi connectivity index (χ4v) is 9.53. The van der Waals surface area contributed by atoms with Gasteiger partial charge in [-0.3, -0.25) is 14.0 Å². The molecule has 47 heavy (non-hydrogen) atoms. The predicted octanol–water partition coefficient (Wildman–Crippen LogP) is 3.64. The van der Waals surface area contributed by atoms with Crippen molar-refractivity contribution in [1.82, 2.24) is 29.2 Å². The molecule has 8 rings (SSSR count). The van der Waals surface area contributed by atoms with E-state index in [-0.39, 0.29) is 42.4 Å². The number of alkyl halides is 1. The van der Waals surface area contributed by atoms with E-state index in [0.29, 0.717) is 53.5 Å². The van der Waals surface area contributed by atoms with Crippen LogP contribution >= 0.6 is 11.3 Å². The number of imidazole rings is 1. The van der Waals surface area contributed by atoms with Gasteiger partial charge in [0.15, 0.2) is 17.3 Å². The van der Waals surface area contributed by atoms with Gasteiger partial charge >= 0.3 is 5.69 Å². The van der Waals surface area contributed by atoms with Gasteiger partial charge in [0.1, 0.15) is 17.2 Å². The molecule has 0 radical (unpaired) electrons. The predicted molar refractivity (Wildman–Crippen MR) is 172 cm³/mol. The molecule has 0 saturated carbocycles. The van der Waals surface area contributed by atoms with E-state index in [4.69, 9.17) is 36.1 Å². The minimum Gasteiger partial charge on any atom is -0.458 e. The van der Waals surface area contributed by atoms with Crippen molar-refractivity contribution in [2.75, 3.05) is 32.5 Å². The molecule has 244 valence electrons. The number of halogens is 1. The van der Waals surface area contributed by atoms with Gasteiger partial charge in [0.05, 0.1) is 29.9 Å². The highest BCUT2D eigenvalue weighted by Crippen LogP contribution is 2.54. The van der Waals surface area contributed by atoms with Crippen molar-refractivity contribution >= 4 is 27.5 Å². The fraction of sp³-hybridized carbons (Fsp3) is 0.545. The molecule has 12 nitrogen and oxygen atoms in total. The maximum Gasteiger partial charge on any atom is 0.330 e. The smallest absolute Gasteiger partial charge is 0.330 e. The second kappa shape index (κ2) is 11.2. The molecule has 0 bridgehead atoms. The number of hydrogen-bond donors (Lipinski definition) is 1. The van der Waals surface area contributed by atoms with Crippen LogP contribution in [-0.2, 0) is 30.0 Å². The summed E-state index contributed by atoms with van der Waals surface area (Å²) in [6.07, 6.45) is 10.0. The van der Waals surface area contributed by atoms with Crippen LogP contribution in [0, 0.1) is 23.7 Å². The summed E-state index contributed by atoms with van der Waals surface area (Å²) in [6.45, 7) is 1.16. The van der Waals surface area contributed by atoms with E-state index in [1.54, 1.807) is 11.6 Å². The third-order valence-electron chi connectivity index (χ3n) is 10.5. The Hall–Kier alpha value is -4.24. The van der Waals surface area contributed by atoms with Crippen LogP contribution in [0.4, 0.5) is 9.39 Å². The molecule has 2 aliphatic heterocycles. The Morgan fingerprint density at radius 3 is 2.77 bits per heavy atom. The number of fused-ring (bicyclic) bond motifs is 5. The van der Waals surface area contributed by atoms with Gasteiger partial charge in [-0.2, -0.15) is 10.2 Å². The van der Waals surface area contributed by atoms with Gasteiger partial charge < -0.3 is 19.7 Å². The normalized spacial score (nSPS) is 26.3. The van der Waals surface area contributed by atoms with E-state index >= 15 is 0 Å². The van der Waals surface area contributed by atoms with Crippen molar-refractivity contribution in [3.8, 4) is 35.9 Å². The van der Waals surface area contributed by atoms with E-state index in [9.17, 15) is 14.4 Å². The summed E-state index contributed by atoms with van der Waals surface area (Å²) in [7, 11) is 3.47. The summed E-state index contributed by atoms with van der Waals surface area (Å²) in [5.74, 6) is 3.42. The number of hydrogen-bond acceptors (Lipinski definition) is 11. The number of ether oxygens (including phenoxy) is 2. The van der Waals surface area contributed by atoms with Gasteiger partial charge in [-0.1, -0.05) is 11.1 Å². The number of likely N-dealkylation sites (tertiary alicyclic amines) is 1. The van der Waals surface area contributed by atoms with Crippen LogP contribution in [0.1, 0.15) is 71.8 Å². The van der Waals surface area contributed by atoms with Gasteiger partial charge in [0.25, 0.3) is 0 Å². The molecule has 2 fully saturated rings. The summed E-state index contributed by atoms with van der Waals surface area (Å²) >= 11 is 1.49. The second-order valence-corrected chi connectivity index (χ2v) is 14.3. The molecule has 14 heteroatoms. The first-order valence-corrected chi connectivity index (χ1v) is 16.9. The van der Waals surface area contributed by atoms with E-state index in [0.717, 1.165) is 53.8 Å². The van der Waals surface area contributed by atoms with Gasteiger partial charge in [0, 0.05) is 36.1 Å². The lowest BCUT2D eigenvalue weighted by molar-refractivity contribution is 0.146. The number of thiophene rings is 1. The number of nitrogen functional groups attached to an aromatic ring is 1. The summed E-state index contributed by atoms with van der Waals surface area (Å²) in [4.78, 5) is 26.5. The number of likely N-dealkylation sites (N-methyl/N-ethyl adjacent to an activating group) is 1. The number of nitrogens with zero attached hydrogens (tertiary/aromatic N) is 7.